The van der Waals surface area contributed by atoms with Crippen LogP contribution in [0.3, 0.4) is 0 Å². The topological polar surface area (TPSA) is 102 Å². The third-order valence-corrected chi connectivity index (χ3v) is 4.01. The third kappa shape index (κ3) is 13.6. The molecule has 0 spiro atoms. The fourth-order valence-corrected chi connectivity index (χ4v) is 2.64. The Morgan fingerprint density at radius 2 is 1.48 bits per heavy atom. The van der Waals surface area contributed by atoms with Crippen LogP contribution in [0.1, 0.15) is 91.9 Å². The van der Waals surface area contributed by atoms with Gasteiger partial charge in [-0.2, -0.15) is 0 Å². The van der Waals surface area contributed by atoms with Gasteiger partial charge in [-0.25, -0.2) is 9.59 Å². The highest BCUT2D eigenvalue weighted by Gasteiger charge is 2.28. The SMILES string of the molecule is CCCCCCCCCCC[C@H](N)[C@@H](NC(=O)OC(C)(C)C)C(=O)O. The molecular weight excluding hydrogens is 320 g/mol. The van der Waals surface area contributed by atoms with Crippen LogP contribution in [0, 0.1) is 0 Å². The molecular formula is C19H38N2O4. The van der Waals surface area contributed by atoms with Gasteiger partial charge in [0.25, 0.3) is 0 Å². The van der Waals surface area contributed by atoms with E-state index in [4.69, 9.17) is 10.5 Å². The lowest BCUT2D eigenvalue weighted by molar-refractivity contribution is -0.140. The molecule has 25 heavy (non-hydrogen) atoms. The van der Waals surface area contributed by atoms with Crippen LogP contribution >= 0.6 is 0 Å². The van der Waals surface area contributed by atoms with Crippen molar-refractivity contribution in [1.29, 1.82) is 0 Å². The van der Waals surface area contributed by atoms with E-state index in [1.807, 2.05) is 0 Å². The summed E-state index contributed by atoms with van der Waals surface area (Å²) in [6.07, 6.45) is 10.6. The van der Waals surface area contributed by atoms with Crippen molar-refractivity contribution in [3.8, 4) is 0 Å². The molecule has 0 heterocycles. The van der Waals surface area contributed by atoms with E-state index in [-0.39, 0.29) is 0 Å². The normalized spacial score (nSPS) is 14.0. The smallest absolute Gasteiger partial charge is 0.408 e. The molecule has 6 nitrogen and oxygen atoms in total. The summed E-state index contributed by atoms with van der Waals surface area (Å²) in [6.45, 7) is 7.39. The maximum atomic E-state index is 11.7. The Morgan fingerprint density at radius 1 is 1.00 bits per heavy atom. The third-order valence-electron chi connectivity index (χ3n) is 4.01. The van der Waals surface area contributed by atoms with Crippen LogP contribution < -0.4 is 11.1 Å². The van der Waals surface area contributed by atoms with Crippen LogP contribution in [0.5, 0.6) is 0 Å². The standard InChI is InChI=1S/C19H38N2O4/c1-5-6-7-8-9-10-11-12-13-14-15(20)16(17(22)23)21-18(24)25-19(2,3)4/h15-16H,5-14,20H2,1-4H3,(H,21,24)(H,22,23)/t15-,16+/m0/s1. The molecule has 0 saturated carbocycles. The van der Waals surface area contributed by atoms with E-state index in [2.05, 4.69) is 12.2 Å². The second-order valence-electron chi connectivity index (χ2n) is 7.74. The molecule has 1 amide bonds. The Bertz CT molecular complexity index is 380. The predicted molar refractivity (Wildman–Crippen MR) is 101 cm³/mol. The molecule has 2 atom stereocenters. The largest absolute Gasteiger partial charge is 0.480 e. The summed E-state index contributed by atoms with van der Waals surface area (Å²) < 4.78 is 5.10. The number of alkyl carbamates (subject to hydrolysis) is 1. The van der Waals surface area contributed by atoms with E-state index in [0.29, 0.717) is 6.42 Å². The number of rotatable bonds is 13. The molecule has 0 fully saturated rings. The van der Waals surface area contributed by atoms with E-state index in [9.17, 15) is 14.7 Å². The average molecular weight is 359 g/mol. The Hall–Kier alpha value is -1.30. The zero-order chi connectivity index (χ0) is 19.3. The predicted octanol–water partition coefficient (Wildman–Crippen LogP) is 4.21. The molecule has 0 unspecified atom stereocenters. The molecule has 0 aromatic heterocycles. The van der Waals surface area contributed by atoms with Crippen LogP contribution in [-0.2, 0) is 9.53 Å². The van der Waals surface area contributed by atoms with Gasteiger partial charge in [-0.15, -0.1) is 0 Å². The number of carbonyl (C=O) groups excluding carboxylic acids is 1. The summed E-state index contributed by atoms with van der Waals surface area (Å²) >= 11 is 0. The van der Waals surface area contributed by atoms with Crippen molar-refractivity contribution in [3.63, 3.8) is 0 Å². The van der Waals surface area contributed by atoms with Gasteiger partial charge >= 0.3 is 12.1 Å². The molecule has 0 rings (SSSR count). The lowest BCUT2D eigenvalue weighted by atomic mass is 10.0. The molecule has 0 aromatic carbocycles. The second kappa shape index (κ2) is 13.0. The zero-order valence-corrected chi connectivity index (χ0v) is 16.5. The van der Waals surface area contributed by atoms with Crippen molar-refractivity contribution >= 4 is 12.1 Å². The van der Waals surface area contributed by atoms with Crippen LogP contribution in [0.2, 0.25) is 0 Å². The number of unbranched alkanes of at least 4 members (excludes halogenated alkanes) is 8. The Kier molecular flexibility index (Phi) is 12.3. The zero-order valence-electron chi connectivity index (χ0n) is 16.5. The van der Waals surface area contributed by atoms with Crippen molar-refractivity contribution in [2.75, 3.05) is 0 Å². The van der Waals surface area contributed by atoms with Crippen molar-refractivity contribution in [2.24, 2.45) is 5.73 Å². The van der Waals surface area contributed by atoms with Crippen molar-refractivity contribution in [3.05, 3.63) is 0 Å². The molecule has 0 aliphatic rings. The maximum absolute atomic E-state index is 11.7. The van der Waals surface area contributed by atoms with Gasteiger partial charge in [-0.05, 0) is 27.2 Å². The molecule has 0 radical (unpaired) electrons. The van der Waals surface area contributed by atoms with E-state index >= 15 is 0 Å². The molecule has 0 aromatic rings. The van der Waals surface area contributed by atoms with E-state index < -0.39 is 29.7 Å². The Morgan fingerprint density at radius 3 is 1.92 bits per heavy atom. The monoisotopic (exact) mass is 358 g/mol. The number of carbonyl (C=O) groups is 2. The number of nitrogens with one attached hydrogen (secondary N) is 1. The van der Waals surface area contributed by atoms with Crippen molar-refractivity contribution in [1.82, 2.24) is 5.32 Å². The summed E-state index contributed by atoms with van der Waals surface area (Å²) in [5.74, 6) is -1.13. The van der Waals surface area contributed by atoms with Gasteiger partial charge in [0.1, 0.15) is 11.6 Å². The summed E-state index contributed by atoms with van der Waals surface area (Å²) in [4.78, 5) is 23.1. The first-order valence-corrected chi connectivity index (χ1v) is 9.65. The number of hydrogen-bond acceptors (Lipinski definition) is 4. The summed E-state index contributed by atoms with van der Waals surface area (Å²) in [5.41, 5.74) is 5.30. The number of amides is 1. The number of nitrogens with two attached hydrogens (primary N) is 1. The van der Waals surface area contributed by atoms with Crippen LogP contribution in [-0.4, -0.2) is 34.9 Å². The molecule has 0 bridgehead atoms. The molecule has 4 N–H and O–H groups in total. The van der Waals surface area contributed by atoms with Crippen LogP contribution in [0.15, 0.2) is 0 Å². The lowest BCUT2D eigenvalue weighted by Crippen LogP contribution is -2.53. The first-order valence-electron chi connectivity index (χ1n) is 9.65. The van der Waals surface area contributed by atoms with Gasteiger partial charge in [0.15, 0.2) is 0 Å². The Balaban J connectivity index is 3.99. The van der Waals surface area contributed by atoms with Gasteiger partial charge in [0.05, 0.1) is 0 Å². The van der Waals surface area contributed by atoms with Crippen molar-refractivity contribution < 1.29 is 19.4 Å². The van der Waals surface area contributed by atoms with Crippen LogP contribution in [0.25, 0.3) is 0 Å². The lowest BCUT2D eigenvalue weighted by Gasteiger charge is -2.24. The molecule has 6 heteroatoms. The summed E-state index contributed by atoms with van der Waals surface area (Å²) in [5, 5.41) is 11.7. The fourth-order valence-electron chi connectivity index (χ4n) is 2.64. The minimum absolute atomic E-state index is 0.572. The Labute approximate surface area is 152 Å². The van der Waals surface area contributed by atoms with E-state index in [1.165, 1.54) is 38.5 Å². The summed E-state index contributed by atoms with van der Waals surface area (Å²) in [7, 11) is 0. The molecule has 0 aliphatic heterocycles. The molecule has 0 aliphatic carbocycles. The van der Waals surface area contributed by atoms with Gasteiger partial charge in [-0.3, -0.25) is 0 Å². The van der Waals surface area contributed by atoms with E-state index in [1.54, 1.807) is 20.8 Å². The fraction of sp³-hybridized carbons (Fsp3) is 0.895. The van der Waals surface area contributed by atoms with Crippen LogP contribution in [0.4, 0.5) is 4.79 Å². The maximum Gasteiger partial charge on any atom is 0.408 e. The van der Waals surface area contributed by atoms with Crippen molar-refractivity contribution in [2.45, 2.75) is 110 Å². The highest BCUT2D eigenvalue weighted by atomic mass is 16.6. The number of ether oxygens (including phenoxy) is 1. The second-order valence-corrected chi connectivity index (χ2v) is 7.74. The number of aliphatic carboxylic acids is 1. The minimum Gasteiger partial charge on any atom is -0.480 e. The first kappa shape index (κ1) is 23.7. The minimum atomic E-state index is -1.13. The number of hydrogen-bond donors (Lipinski definition) is 3. The molecule has 148 valence electrons. The highest BCUT2D eigenvalue weighted by Crippen LogP contribution is 2.12. The average Bonchev–Trinajstić information content (AvgIpc) is 2.48. The van der Waals surface area contributed by atoms with Gasteiger partial charge in [0, 0.05) is 6.04 Å². The van der Waals surface area contributed by atoms with Gasteiger partial charge < -0.3 is 20.9 Å². The molecule has 0 saturated heterocycles. The van der Waals surface area contributed by atoms with Gasteiger partial charge in [-0.1, -0.05) is 64.7 Å². The number of carboxylic acids is 1. The first-order chi connectivity index (χ1) is 11.7. The number of carboxylic acid groups (broad SMARTS) is 1. The summed E-state index contributed by atoms with van der Waals surface area (Å²) in [6, 6.07) is -1.74. The quantitative estimate of drug-likeness (QED) is 0.428. The highest BCUT2D eigenvalue weighted by molar-refractivity contribution is 5.80. The van der Waals surface area contributed by atoms with E-state index in [0.717, 1.165) is 19.3 Å². The van der Waals surface area contributed by atoms with Gasteiger partial charge in [0.2, 0.25) is 0 Å².